The van der Waals surface area contributed by atoms with E-state index in [1.807, 2.05) is 6.07 Å². The van der Waals surface area contributed by atoms with Gasteiger partial charge in [0.25, 0.3) is 0 Å². The largest absolute Gasteiger partial charge is 0.368 e. The molecule has 19 heavy (non-hydrogen) atoms. The highest BCUT2D eigenvalue weighted by atomic mass is 35.5. The van der Waals surface area contributed by atoms with Gasteiger partial charge in [0, 0.05) is 12.7 Å². The van der Waals surface area contributed by atoms with Gasteiger partial charge in [-0.15, -0.1) is 0 Å². The van der Waals surface area contributed by atoms with Crippen molar-refractivity contribution in [3.8, 4) is 6.07 Å². The summed E-state index contributed by atoms with van der Waals surface area (Å²) in [4.78, 5) is 4.08. The van der Waals surface area contributed by atoms with Gasteiger partial charge in [-0.25, -0.2) is 9.37 Å². The molecular formula is C14H11ClFN3. The summed E-state index contributed by atoms with van der Waals surface area (Å²) in [5.74, 6) is 0.242. The topological polar surface area (TPSA) is 48.7 Å². The van der Waals surface area contributed by atoms with E-state index in [-0.39, 0.29) is 5.82 Å². The third-order valence-corrected chi connectivity index (χ3v) is 3.01. The van der Waals surface area contributed by atoms with Gasteiger partial charge >= 0.3 is 0 Å². The van der Waals surface area contributed by atoms with Gasteiger partial charge in [-0.3, -0.25) is 0 Å². The van der Waals surface area contributed by atoms with E-state index in [9.17, 15) is 4.39 Å². The number of anilines is 1. The average Bonchev–Trinajstić information content (AvgIpc) is 2.43. The number of rotatable bonds is 4. The van der Waals surface area contributed by atoms with Crippen LogP contribution in [0.1, 0.15) is 11.1 Å². The van der Waals surface area contributed by atoms with Crippen molar-refractivity contribution in [2.24, 2.45) is 0 Å². The number of hydrogen-bond donors (Lipinski definition) is 1. The van der Waals surface area contributed by atoms with Crippen LogP contribution in [0.4, 0.5) is 10.2 Å². The second-order valence-electron chi connectivity index (χ2n) is 3.94. The van der Waals surface area contributed by atoms with Crippen molar-refractivity contribution in [2.45, 2.75) is 6.42 Å². The summed E-state index contributed by atoms with van der Waals surface area (Å²) < 4.78 is 12.7. The molecule has 0 aliphatic heterocycles. The predicted molar refractivity (Wildman–Crippen MR) is 72.6 cm³/mol. The van der Waals surface area contributed by atoms with Gasteiger partial charge < -0.3 is 5.32 Å². The summed E-state index contributed by atoms with van der Waals surface area (Å²) in [5.41, 5.74) is 1.41. The van der Waals surface area contributed by atoms with Crippen LogP contribution in [0.5, 0.6) is 0 Å². The van der Waals surface area contributed by atoms with Gasteiger partial charge in [-0.2, -0.15) is 5.26 Å². The van der Waals surface area contributed by atoms with Gasteiger partial charge in [0.2, 0.25) is 0 Å². The van der Waals surface area contributed by atoms with Crippen molar-refractivity contribution in [2.75, 3.05) is 11.9 Å². The van der Waals surface area contributed by atoms with Crippen molar-refractivity contribution >= 4 is 17.4 Å². The van der Waals surface area contributed by atoms with E-state index in [0.717, 1.165) is 12.0 Å². The molecule has 96 valence electrons. The Kier molecular flexibility index (Phi) is 4.32. The maximum absolute atomic E-state index is 12.7. The van der Waals surface area contributed by atoms with Crippen LogP contribution in [0.3, 0.4) is 0 Å². The summed E-state index contributed by atoms with van der Waals surface area (Å²) >= 11 is 6.01. The maximum atomic E-state index is 12.7. The molecule has 0 aliphatic rings. The molecule has 3 nitrogen and oxygen atoms in total. The Morgan fingerprint density at radius 1 is 1.26 bits per heavy atom. The first-order chi connectivity index (χ1) is 9.20. The monoisotopic (exact) mass is 275 g/mol. The van der Waals surface area contributed by atoms with Crippen LogP contribution < -0.4 is 5.32 Å². The third-order valence-electron chi connectivity index (χ3n) is 2.63. The minimum absolute atomic E-state index is 0.247. The summed E-state index contributed by atoms with van der Waals surface area (Å²) in [6.45, 7) is 0.604. The van der Waals surface area contributed by atoms with E-state index in [1.165, 1.54) is 18.3 Å². The molecule has 0 unspecified atom stereocenters. The number of hydrogen-bond acceptors (Lipinski definition) is 3. The number of nitriles is 1. The molecule has 0 spiro atoms. The van der Waals surface area contributed by atoms with Crippen LogP contribution >= 0.6 is 11.6 Å². The minimum atomic E-state index is -0.247. The Hall–Kier alpha value is -2.12. The molecule has 0 fully saturated rings. The summed E-state index contributed by atoms with van der Waals surface area (Å²) in [5, 5.41) is 12.2. The van der Waals surface area contributed by atoms with Gasteiger partial charge in [-0.1, -0.05) is 23.7 Å². The van der Waals surface area contributed by atoms with Crippen LogP contribution in [-0.2, 0) is 6.42 Å². The predicted octanol–water partition coefficient (Wildman–Crippen LogP) is 3.40. The van der Waals surface area contributed by atoms with E-state index in [1.54, 1.807) is 18.2 Å². The average molecular weight is 276 g/mol. The molecular weight excluding hydrogens is 265 g/mol. The van der Waals surface area contributed by atoms with E-state index < -0.39 is 0 Å². The van der Waals surface area contributed by atoms with E-state index in [4.69, 9.17) is 16.9 Å². The summed E-state index contributed by atoms with van der Waals surface area (Å²) in [6, 6.07) is 9.88. The number of nitrogens with one attached hydrogen (secondary N) is 1. The quantitative estimate of drug-likeness (QED) is 0.930. The number of nitrogens with zero attached hydrogens (tertiary/aromatic N) is 2. The zero-order valence-corrected chi connectivity index (χ0v) is 10.8. The molecule has 1 aromatic carbocycles. The molecule has 0 bridgehead atoms. The van der Waals surface area contributed by atoms with Crippen LogP contribution in [0.15, 0.2) is 36.5 Å². The molecule has 0 atom stereocenters. The smallest absolute Gasteiger partial charge is 0.146 e. The summed E-state index contributed by atoms with van der Waals surface area (Å²) in [6.07, 6.45) is 2.25. The molecule has 1 N–H and O–H groups in total. The van der Waals surface area contributed by atoms with Crippen LogP contribution in [0.25, 0.3) is 0 Å². The number of benzene rings is 1. The minimum Gasteiger partial charge on any atom is -0.368 e. The van der Waals surface area contributed by atoms with Crippen LogP contribution in [0.2, 0.25) is 5.02 Å². The SMILES string of the molecule is N#Cc1ccnc(NCCc2ccc(F)cc2)c1Cl. The lowest BCUT2D eigenvalue weighted by Crippen LogP contribution is -2.07. The fraction of sp³-hybridized carbons (Fsp3) is 0.143. The maximum Gasteiger partial charge on any atom is 0.146 e. The first-order valence-electron chi connectivity index (χ1n) is 5.73. The van der Waals surface area contributed by atoms with Gasteiger partial charge in [-0.05, 0) is 30.2 Å². The van der Waals surface area contributed by atoms with Crippen LogP contribution in [-0.4, -0.2) is 11.5 Å². The first-order valence-corrected chi connectivity index (χ1v) is 6.11. The van der Waals surface area contributed by atoms with Crippen molar-refractivity contribution in [3.63, 3.8) is 0 Å². The second-order valence-corrected chi connectivity index (χ2v) is 4.31. The van der Waals surface area contributed by atoms with Crippen molar-refractivity contribution in [1.29, 1.82) is 5.26 Å². The Balaban J connectivity index is 1.96. The molecule has 0 amide bonds. The highest BCUT2D eigenvalue weighted by molar-refractivity contribution is 6.34. The molecule has 1 aromatic heterocycles. The van der Waals surface area contributed by atoms with E-state index in [2.05, 4.69) is 10.3 Å². The first kappa shape index (κ1) is 13.3. The van der Waals surface area contributed by atoms with Gasteiger partial charge in [0.15, 0.2) is 0 Å². The summed E-state index contributed by atoms with van der Waals surface area (Å²) in [7, 11) is 0. The van der Waals surface area contributed by atoms with Crippen molar-refractivity contribution in [3.05, 3.63) is 58.5 Å². The molecule has 2 rings (SSSR count). The lowest BCUT2D eigenvalue weighted by Gasteiger charge is -2.08. The Bertz CT molecular complexity index is 605. The zero-order chi connectivity index (χ0) is 13.7. The lowest BCUT2D eigenvalue weighted by molar-refractivity contribution is 0.627. The lowest BCUT2D eigenvalue weighted by atomic mass is 10.1. The molecule has 0 aliphatic carbocycles. The third kappa shape index (κ3) is 3.43. The Labute approximate surface area is 115 Å². The number of pyridine rings is 1. The van der Waals surface area contributed by atoms with Crippen molar-refractivity contribution in [1.82, 2.24) is 4.98 Å². The molecule has 0 saturated carbocycles. The molecule has 0 saturated heterocycles. The molecule has 1 heterocycles. The fourth-order valence-corrected chi connectivity index (χ4v) is 1.85. The number of halogens is 2. The molecule has 5 heteroatoms. The van der Waals surface area contributed by atoms with Gasteiger partial charge in [0.05, 0.1) is 5.56 Å². The standard InChI is InChI=1S/C14H11ClFN3/c15-13-11(9-17)6-8-19-14(13)18-7-5-10-1-3-12(16)4-2-10/h1-4,6,8H,5,7H2,(H,18,19). The van der Waals surface area contributed by atoms with Gasteiger partial charge in [0.1, 0.15) is 22.7 Å². The highest BCUT2D eigenvalue weighted by Gasteiger charge is 2.06. The zero-order valence-electron chi connectivity index (χ0n) is 10.0. The Morgan fingerprint density at radius 2 is 2.00 bits per heavy atom. The normalized spacial score (nSPS) is 9.95. The second kappa shape index (κ2) is 6.17. The van der Waals surface area contributed by atoms with Crippen molar-refractivity contribution < 1.29 is 4.39 Å². The Morgan fingerprint density at radius 3 is 2.68 bits per heavy atom. The number of aromatic nitrogens is 1. The molecule has 2 aromatic rings. The van der Waals surface area contributed by atoms with E-state index in [0.29, 0.717) is 22.9 Å². The van der Waals surface area contributed by atoms with E-state index >= 15 is 0 Å². The molecule has 0 radical (unpaired) electrons. The van der Waals surface area contributed by atoms with Crippen LogP contribution in [0, 0.1) is 17.1 Å². The fourth-order valence-electron chi connectivity index (χ4n) is 1.63. The highest BCUT2D eigenvalue weighted by Crippen LogP contribution is 2.22.